The Morgan fingerprint density at radius 1 is 1.35 bits per heavy atom. The van der Waals surface area contributed by atoms with E-state index in [9.17, 15) is 4.79 Å². The van der Waals surface area contributed by atoms with Crippen molar-refractivity contribution in [1.29, 1.82) is 0 Å². The van der Waals surface area contributed by atoms with Crippen molar-refractivity contribution in [3.63, 3.8) is 0 Å². The van der Waals surface area contributed by atoms with Gasteiger partial charge in [0.25, 0.3) is 0 Å². The third kappa shape index (κ3) is 6.03. The van der Waals surface area contributed by atoms with Crippen LogP contribution in [0, 0.1) is 13.8 Å². The summed E-state index contributed by atoms with van der Waals surface area (Å²) in [4.78, 5) is 12.0. The van der Waals surface area contributed by atoms with E-state index in [1.54, 1.807) is 13.8 Å². The Kier molecular flexibility index (Phi) is 7.14. The van der Waals surface area contributed by atoms with E-state index in [0.29, 0.717) is 5.71 Å². The van der Waals surface area contributed by atoms with E-state index in [0.717, 1.165) is 16.8 Å². The fourth-order valence-electron chi connectivity index (χ4n) is 1.72. The number of benzene rings is 1. The van der Waals surface area contributed by atoms with Crippen molar-refractivity contribution in [2.75, 3.05) is 12.0 Å². The van der Waals surface area contributed by atoms with E-state index >= 15 is 0 Å². The SMILES string of the molecule is CCOC(=O)C(=N/Nc1ccc(C)cc1C)/C(C)=N/NC(N)=S. The van der Waals surface area contributed by atoms with Gasteiger partial charge in [0.1, 0.15) is 0 Å². The van der Waals surface area contributed by atoms with E-state index in [1.807, 2.05) is 32.0 Å². The average molecular weight is 335 g/mol. The van der Waals surface area contributed by atoms with Crippen LogP contribution in [-0.4, -0.2) is 29.1 Å². The molecule has 0 fully saturated rings. The number of nitrogens with zero attached hydrogens (tertiary/aromatic N) is 2. The van der Waals surface area contributed by atoms with Gasteiger partial charge in [0.05, 0.1) is 18.0 Å². The summed E-state index contributed by atoms with van der Waals surface area (Å²) in [5.41, 5.74) is 13.9. The molecule has 0 atom stereocenters. The van der Waals surface area contributed by atoms with Crippen LogP contribution < -0.4 is 16.6 Å². The lowest BCUT2D eigenvalue weighted by Crippen LogP contribution is -2.30. The number of ether oxygens (including phenoxy) is 1. The zero-order valence-corrected chi connectivity index (χ0v) is 14.5. The van der Waals surface area contributed by atoms with Gasteiger partial charge in [0, 0.05) is 0 Å². The number of rotatable bonds is 6. The molecule has 23 heavy (non-hydrogen) atoms. The number of carbonyl (C=O) groups excluding carboxylic acids is 1. The number of thiocarbonyl (C=S) groups is 1. The predicted molar refractivity (Wildman–Crippen MR) is 96.6 cm³/mol. The molecule has 1 rings (SSSR count). The molecule has 1 aromatic rings. The molecule has 0 unspecified atom stereocenters. The minimum absolute atomic E-state index is 0.00472. The van der Waals surface area contributed by atoms with Crippen LogP contribution in [0.25, 0.3) is 0 Å². The van der Waals surface area contributed by atoms with Crippen molar-refractivity contribution in [1.82, 2.24) is 5.43 Å². The second-order valence-corrected chi connectivity index (χ2v) is 5.22. The van der Waals surface area contributed by atoms with Crippen LogP contribution in [0.2, 0.25) is 0 Å². The molecular formula is C15H21N5O2S. The molecule has 8 heteroatoms. The molecule has 0 amide bonds. The van der Waals surface area contributed by atoms with Gasteiger partial charge >= 0.3 is 5.97 Å². The highest BCUT2D eigenvalue weighted by atomic mass is 32.1. The van der Waals surface area contributed by atoms with Crippen LogP contribution in [0.4, 0.5) is 5.69 Å². The summed E-state index contributed by atoms with van der Waals surface area (Å²) in [7, 11) is 0. The van der Waals surface area contributed by atoms with Crippen LogP contribution in [0.15, 0.2) is 28.4 Å². The Hall–Kier alpha value is -2.48. The van der Waals surface area contributed by atoms with E-state index in [2.05, 4.69) is 33.3 Å². The van der Waals surface area contributed by atoms with E-state index in [4.69, 9.17) is 10.5 Å². The van der Waals surface area contributed by atoms with E-state index in [1.165, 1.54) is 0 Å². The van der Waals surface area contributed by atoms with Crippen LogP contribution >= 0.6 is 12.2 Å². The Balaban J connectivity index is 3.05. The smallest absolute Gasteiger partial charge is 0.360 e. The van der Waals surface area contributed by atoms with Crippen molar-refractivity contribution in [2.24, 2.45) is 15.9 Å². The highest BCUT2D eigenvalue weighted by Gasteiger charge is 2.17. The number of aryl methyl sites for hydroxylation is 2. The van der Waals surface area contributed by atoms with Crippen molar-refractivity contribution in [3.8, 4) is 0 Å². The largest absolute Gasteiger partial charge is 0.461 e. The third-order valence-corrected chi connectivity index (χ3v) is 2.91. The van der Waals surface area contributed by atoms with Crippen molar-refractivity contribution in [3.05, 3.63) is 29.3 Å². The standard InChI is InChI=1S/C15H21N5O2S/c1-5-22-14(21)13(11(4)17-20-15(16)23)19-18-12-7-6-9(2)8-10(12)3/h6-8,18H,5H2,1-4H3,(H3,16,20,23)/b17-11+,19-13+. The Morgan fingerprint density at radius 2 is 2.04 bits per heavy atom. The molecule has 4 N–H and O–H groups in total. The van der Waals surface area contributed by atoms with Crippen LogP contribution in [0.3, 0.4) is 0 Å². The minimum Gasteiger partial charge on any atom is -0.461 e. The summed E-state index contributed by atoms with van der Waals surface area (Å²) < 4.78 is 4.99. The molecule has 124 valence electrons. The number of hydrogen-bond donors (Lipinski definition) is 3. The van der Waals surface area contributed by atoms with Gasteiger partial charge in [-0.1, -0.05) is 17.7 Å². The van der Waals surface area contributed by atoms with Gasteiger partial charge in [0.2, 0.25) is 0 Å². The van der Waals surface area contributed by atoms with Gasteiger partial charge in [-0.15, -0.1) is 0 Å². The number of nitrogens with two attached hydrogens (primary N) is 1. The maximum Gasteiger partial charge on any atom is 0.360 e. The summed E-state index contributed by atoms with van der Waals surface area (Å²) in [5.74, 6) is -0.587. The van der Waals surface area contributed by atoms with Gasteiger partial charge in [-0.05, 0) is 51.5 Å². The number of hydrogen-bond acceptors (Lipinski definition) is 6. The molecule has 0 aliphatic carbocycles. The first kappa shape index (κ1) is 18.6. The van der Waals surface area contributed by atoms with Crippen molar-refractivity contribution < 1.29 is 9.53 Å². The molecule has 0 radical (unpaired) electrons. The van der Waals surface area contributed by atoms with E-state index < -0.39 is 5.97 Å². The summed E-state index contributed by atoms with van der Waals surface area (Å²) >= 11 is 4.68. The molecule has 0 saturated carbocycles. The first-order valence-electron chi connectivity index (χ1n) is 7.03. The van der Waals surface area contributed by atoms with Gasteiger partial charge in [-0.25, -0.2) is 4.79 Å². The highest BCUT2D eigenvalue weighted by molar-refractivity contribution is 7.80. The van der Waals surface area contributed by atoms with Gasteiger partial charge < -0.3 is 10.5 Å². The Labute approximate surface area is 141 Å². The topological polar surface area (TPSA) is 101 Å². The molecule has 0 bridgehead atoms. The summed E-state index contributed by atoms with van der Waals surface area (Å²) in [6, 6.07) is 5.85. The summed E-state index contributed by atoms with van der Waals surface area (Å²) in [6.45, 7) is 7.50. The molecule has 0 aromatic heterocycles. The number of esters is 1. The zero-order valence-electron chi connectivity index (χ0n) is 13.6. The molecule has 0 heterocycles. The lowest BCUT2D eigenvalue weighted by Gasteiger charge is -2.09. The number of anilines is 1. The molecule has 0 aliphatic heterocycles. The normalized spacial score (nSPS) is 11.8. The fraction of sp³-hybridized carbons (Fsp3) is 0.333. The third-order valence-electron chi connectivity index (χ3n) is 2.82. The lowest BCUT2D eigenvalue weighted by molar-refractivity contribution is -0.134. The number of nitrogens with one attached hydrogen (secondary N) is 2. The number of hydrazone groups is 2. The lowest BCUT2D eigenvalue weighted by atomic mass is 10.1. The molecular weight excluding hydrogens is 314 g/mol. The fourth-order valence-corrected chi connectivity index (χ4v) is 1.77. The molecule has 0 spiro atoms. The highest BCUT2D eigenvalue weighted by Crippen LogP contribution is 2.15. The summed E-state index contributed by atoms with van der Waals surface area (Å²) in [5, 5.41) is 8.02. The Bertz CT molecular complexity index is 655. The van der Waals surface area contributed by atoms with Gasteiger partial charge in [0.15, 0.2) is 10.8 Å². The van der Waals surface area contributed by atoms with Gasteiger partial charge in [-0.2, -0.15) is 10.2 Å². The first-order chi connectivity index (χ1) is 10.8. The second kappa shape index (κ2) is 8.84. The summed E-state index contributed by atoms with van der Waals surface area (Å²) in [6.07, 6.45) is 0. The van der Waals surface area contributed by atoms with Crippen LogP contribution in [0.1, 0.15) is 25.0 Å². The average Bonchev–Trinajstić information content (AvgIpc) is 2.47. The predicted octanol–water partition coefficient (Wildman–Crippen LogP) is 1.84. The Morgan fingerprint density at radius 3 is 2.61 bits per heavy atom. The number of carbonyl (C=O) groups is 1. The maximum atomic E-state index is 12.0. The molecule has 0 saturated heterocycles. The van der Waals surface area contributed by atoms with Crippen molar-refractivity contribution >= 4 is 40.4 Å². The maximum absolute atomic E-state index is 12.0. The minimum atomic E-state index is -0.587. The van der Waals surface area contributed by atoms with Crippen molar-refractivity contribution in [2.45, 2.75) is 27.7 Å². The molecule has 7 nitrogen and oxygen atoms in total. The molecule has 0 aliphatic rings. The quantitative estimate of drug-likeness (QED) is 0.317. The monoisotopic (exact) mass is 335 g/mol. The zero-order chi connectivity index (χ0) is 17.4. The first-order valence-corrected chi connectivity index (χ1v) is 7.44. The second-order valence-electron chi connectivity index (χ2n) is 4.78. The molecule has 1 aromatic carbocycles. The van der Waals surface area contributed by atoms with E-state index in [-0.39, 0.29) is 17.4 Å². The van der Waals surface area contributed by atoms with Crippen LogP contribution in [0.5, 0.6) is 0 Å². The van der Waals surface area contributed by atoms with Gasteiger partial charge in [-0.3, -0.25) is 10.9 Å². The van der Waals surface area contributed by atoms with Crippen LogP contribution in [-0.2, 0) is 9.53 Å².